The van der Waals surface area contributed by atoms with E-state index in [1.54, 1.807) is 7.11 Å². The molecule has 2 aromatic carbocycles. The van der Waals surface area contributed by atoms with Crippen molar-refractivity contribution in [1.82, 2.24) is 4.90 Å². The van der Waals surface area contributed by atoms with E-state index in [4.69, 9.17) is 21.1 Å². The second kappa shape index (κ2) is 9.45. The van der Waals surface area contributed by atoms with E-state index in [-0.39, 0.29) is 12.1 Å². The van der Waals surface area contributed by atoms with E-state index in [1.807, 2.05) is 68.4 Å². The monoisotopic (exact) mass is 419 g/mol. The maximum atomic E-state index is 10.8. The van der Waals surface area contributed by atoms with Crippen LogP contribution in [-0.4, -0.2) is 60.7 Å². The van der Waals surface area contributed by atoms with Crippen LogP contribution in [0.15, 0.2) is 42.5 Å². The van der Waals surface area contributed by atoms with Gasteiger partial charge in [0.15, 0.2) is 0 Å². The van der Waals surface area contributed by atoms with E-state index >= 15 is 0 Å². The topological polar surface area (TPSA) is 62.2 Å². The maximum Gasteiger partial charge on any atom is 0.118 e. The number of hydrogen-bond acceptors (Lipinski definition) is 5. The molecule has 2 N–H and O–H groups in total. The van der Waals surface area contributed by atoms with Crippen molar-refractivity contribution in [2.24, 2.45) is 0 Å². The number of halogens is 1. The average molecular weight is 420 g/mol. The van der Waals surface area contributed by atoms with Crippen LogP contribution in [0, 0.1) is 0 Å². The fraction of sp³-hybridized carbons (Fsp3) is 0.478. The number of likely N-dealkylation sites (N-methyl/N-ethyl adjacent to an activating group) is 1. The predicted octanol–water partition coefficient (Wildman–Crippen LogP) is 3.44. The summed E-state index contributed by atoms with van der Waals surface area (Å²) in [4.78, 5) is 1.91. The van der Waals surface area contributed by atoms with Crippen LogP contribution < -0.4 is 4.74 Å². The van der Waals surface area contributed by atoms with Crippen LogP contribution in [0.2, 0.25) is 5.02 Å². The molecule has 1 fully saturated rings. The summed E-state index contributed by atoms with van der Waals surface area (Å²) < 4.78 is 11.5. The van der Waals surface area contributed by atoms with Crippen molar-refractivity contribution in [3.8, 4) is 5.75 Å². The minimum absolute atomic E-state index is 0.172. The molecule has 1 aliphatic heterocycles. The molecule has 0 amide bonds. The lowest BCUT2D eigenvalue weighted by atomic mass is 9.87. The Morgan fingerprint density at radius 2 is 1.76 bits per heavy atom. The number of aliphatic hydroxyl groups is 2. The Kier molecular flexibility index (Phi) is 7.19. The van der Waals surface area contributed by atoms with E-state index < -0.39 is 18.3 Å². The highest BCUT2D eigenvalue weighted by atomic mass is 35.5. The Morgan fingerprint density at radius 3 is 2.34 bits per heavy atom. The highest BCUT2D eigenvalue weighted by Gasteiger charge is 2.45. The quantitative estimate of drug-likeness (QED) is 0.751. The number of aliphatic hydroxyl groups excluding tert-OH is 2. The van der Waals surface area contributed by atoms with Crippen molar-refractivity contribution in [1.29, 1.82) is 0 Å². The highest BCUT2D eigenvalue weighted by molar-refractivity contribution is 6.31. The fourth-order valence-corrected chi connectivity index (χ4v) is 4.26. The molecule has 6 heteroatoms. The van der Waals surface area contributed by atoms with Crippen LogP contribution in [0.4, 0.5) is 0 Å². The Balaban J connectivity index is 1.86. The van der Waals surface area contributed by atoms with Crippen LogP contribution in [0.5, 0.6) is 5.75 Å². The predicted molar refractivity (Wildman–Crippen MR) is 115 cm³/mol. The van der Waals surface area contributed by atoms with Gasteiger partial charge < -0.3 is 24.6 Å². The van der Waals surface area contributed by atoms with Gasteiger partial charge >= 0.3 is 0 Å². The first-order valence-corrected chi connectivity index (χ1v) is 10.3. The van der Waals surface area contributed by atoms with E-state index in [0.717, 1.165) is 28.9 Å². The van der Waals surface area contributed by atoms with E-state index in [1.165, 1.54) is 0 Å². The lowest BCUT2D eigenvalue weighted by Crippen LogP contribution is -2.59. The van der Waals surface area contributed by atoms with Crippen molar-refractivity contribution >= 4 is 11.6 Å². The summed E-state index contributed by atoms with van der Waals surface area (Å²) in [5, 5.41) is 22.2. The first-order valence-electron chi connectivity index (χ1n) is 9.95. The summed E-state index contributed by atoms with van der Waals surface area (Å²) in [6.07, 6.45) is -1.28. The molecule has 3 rings (SSSR count). The second-order valence-electron chi connectivity index (χ2n) is 7.81. The summed E-state index contributed by atoms with van der Waals surface area (Å²) >= 11 is 6.45. The second-order valence-corrected chi connectivity index (χ2v) is 8.22. The molecular formula is C23H30ClNO4. The first-order chi connectivity index (χ1) is 13.8. The van der Waals surface area contributed by atoms with Crippen molar-refractivity contribution in [2.75, 3.05) is 21.2 Å². The number of ether oxygens (including phenoxy) is 2. The zero-order valence-electron chi connectivity index (χ0n) is 17.4. The van der Waals surface area contributed by atoms with Gasteiger partial charge in [0.05, 0.1) is 19.3 Å². The van der Waals surface area contributed by atoms with Gasteiger partial charge in [-0.2, -0.15) is 0 Å². The van der Waals surface area contributed by atoms with Gasteiger partial charge in [-0.05, 0) is 61.8 Å². The van der Waals surface area contributed by atoms with Crippen molar-refractivity contribution in [3.63, 3.8) is 0 Å². The fourth-order valence-electron chi connectivity index (χ4n) is 4.07. The molecule has 1 heterocycles. The van der Waals surface area contributed by atoms with Crippen LogP contribution >= 0.6 is 11.6 Å². The average Bonchev–Trinajstić information content (AvgIpc) is 2.71. The molecule has 0 saturated carbocycles. The number of methoxy groups -OCH3 is 1. The molecule has 1 saturated heterocycles. The Hall–Kier alpha value is -1.63. The third-order valence-corrected chi connectivity index (χ3v) is 6.03. The number of rotatable bonds is 6. The van der Waals surface area contributed by atoms with Gasteiger partial charge in [0, 0.05) is 5.02 Å². The zero-order chi connectivity index (χ0) is 21.1. The first kappa shape index (κ1) is 22.1. The molecule has 29 heavy (non-hydrogen) atoms. The minimum atomic E-state index is -1.01. The van der Waals surface area contributed by atoms with Crippen LogP contribution in [0.1, 0.15) is 36.1 Å². The molecular weight excluding hydrogens is 390 g/mol. The standard InChI is InChI=1S/C23H30ClNO4/c1-5-19-20(25(2)3)21(26)22(27)23(29-19)15-8-11-18(24)16(13-15)12-14-6-9-17(28-4)10-7-14/h6-11,13,19-23,26-27H,5,12H2,1-4H3/t19-,20-,21+,22-,23+/m1/s1. The molecule has 2 aromatic rings. The maximum absolute atomic E-state index is 10.8. The summed E-state index contributed by atoms with van der Waals surface area (Å²) in [6, 6.07) is 13.3. The Morgan fingerprint density at radius 1 is 1.07 bits per heavy atom. The smallest absolute Gasteiger partial charge is 0.118 e. The van der Waals surface area contributed by atoms with Crippen molar-refractivity contribution in [2.45, 2.75) is 50.2 Å². The SMILES string of the molecule is CC[C@H]1O[C@@H](c2ccc(Cl)c(Cc3ccc(OC)cc3)c2)[C@H](O)[C@@H](O)[C@@H]1N(C)C. The zero-order valence-corrected chi connectivity index (χ0v) is 18.1. The number of benzene rings is 2. The van der Waals surface area contributed by atoms with Crippen LogP contribution in [0.3, 0.4) is 0 Å². The van der Waals surface area contributed by atoms with Gasteiger partial charge in [0.2, 0.25) is 0 Å². The van der Waals surface area contributed by atoms with E-state index in [2.05, 4.69) is 0 Å². The normalized spacial score (nSPS) is 27.2. The third-order valence-electron chi connectivity index (χ3n) is 5.66. The molecule has 0 aromatic heterocycles. The van der Waals surface area contributed by atoms with Gasteiger partial charge in [-0.1, -0.05) is 42.8 Å². The third kappa shape index (κ3) is 4.76. The summed E-state index contributed by atoms with van der Waals surface area (Å²) in [6.45, 7) is 2.03. The van der Waals surface area contributed by atoms with E-state index in [9.17, 15) is 10.2 Å². The van der Waals surface area contributed by atoms with Crippen LogP contribution in [0.25, 0.3) is 0 Å². The largest absolute Gasteiger partial charge is 0.497 e. The lowest BCUT2D eigenvalue weighted by molar-refractivity contribution is -0.204. The van der Waals surface area contributed by atoms with E-state index in [0.29, 0.717) is 11.4 Å². The van der Waals surface area contributed by atoms with Gasteiger partial charge in [0.1, 0.15) is 24.1 Å². The molecule has 1 aliphatic rings. The highest BCUT2D eigenvalue weighted by Crippen LogP contribution is 2.36. The van der Waals surface area contributed by atoms with Crippen LogP contribution in [-0.2, 0) is 11.2 Å². The molecule has 5 atom stereocenters. The lowest BCUT2D eigenvalue weighted by Gasteiger charge is -2.45. The summed E-state index contributed by atoms with van der Waals surface area (Å²) in [5.74, 6) is 0.808. The van der Waals surface area contributed by atoms with Gasteiger partial charge in [-0.15, -0.1) is 0 Å². The number of nitrogens with zero attached hydrogens (tertiary/aromatic N) is 1. The van der Waals surface area contributed by atoms with Gasteiger partial charge in [-0.3, -0.25) is 0 Å². The van der Waals surface area contributed by atoms with Gasteiger partial charge in [-0.25, -0.2) is 0 Å². The van der Waals surface area contributed by atoms with Crippen molar-refractivity contribution in [3.05, 3.63) is 64.2 Å². The summed E-state index contributed by atoms with van der Waals surface area (Å²) in [5.41, 5.74) is 2.87. The molecule has 0 spiro atoms. The Bertz CT molecular complexity index is 809. The Labute approximate surface area is 177 Å². The molecule has 0 aliphatic carbocycles. The molecule has 0 radical (unpaired) electrons. The molecule has 5 nitrogen and oxygen atoms in total. The molecule has 158 valence electrons. The molecule has 0 bridgehead atoms. The minimum Gasteiger partial charge on any atom is -0.497 e. The van der Waals surface area contributed by atoms with Gasteiger partial charge in [0.25, 0.3) is 0 Å². The van der Waals surface area contributed by atoms with Crippen molar-refractivity contribution < 1.29 is 19.7 Å². The summed E-state index contributed by atoms with van der Waals surface area (Å²) in [7, 11) is 5.42. The number of hydrogen-bond donors (Lipinski definition) is 2. The molecule has 0 unspecified atom stereocenters.